The SMILES string of the molecule is CC(C)C[C@H](CC(=O)[C@@H](NC(=O)c1cccc(-c2ccccc2)n1)[C@@H](C)O)B1OC(=O)CS[C@@H](C)C(=O)O1. The number of aromatic nitrogens is 1. The summed E-state index contributed by atoms with van der Waals surface area (Å²) in [4.78, 5) is 55.5. The van der Waals surface area contributed by atoms with Crippen molar-refractivity contribution in [1.29, 1.82) is 0 Å². The summed E-state index contributed by atoms with van der Waals surface area (Å²) in [6.45, 7) is 6.91. The van der Waals surface area contributed by atoms with Gasteiger partial charge in [0, 0.05) is 17.8 Å². The van der Waals surface area contributed by atoms with E-state index in [0.717, 1.165) is 17.3 Å². The van der Waals surface area contributed by atoms with Gasteiger partial charge in [-0.15, -0.1) is 11.8 Å². The lowest BCUT2D eigenvalue weighted by molar-refractivity contribution is -0.140. The van der Waals surface area contributed by atoms with E-state index in [0.29, 0.717) is 12.1 Å². The standard InChI is InChI=1S/C27H33BN2O7S/c1-16(2)13-20(28-36-24(33)15-38-18(4)27(35)37-28)14-23(32)25(17(3)31)30-26(34)22-12-8-11-21(29-22)19-9-6-5-7-10-19/h5-12,16-18,20,25,31H,13-15H2,1-4H3,(H,30,34)/t17-,18+,20-,25+/m1/s1. The minimum Gasteiger partial charge on any atom is -0.498 e. The number of carbonyl (C=O) groups is 4. The van der Waals surface area contributed by atoms with Crippen LogP contribution in [0.3, 0.4) is 0 Å². The van der Waals surface area contributed by atoms with Gasteiger partial charge in [-0.2, -0.15) is 0 Å². The van der Waals surface area contributed by atoms with Gasteiger partial charge in [0.2, 0.25) is 0 Å². The second-order valence-corrected chi connectivity index (χ2v) is 11.1. The number of carbonyl (C=O) groups excluding carboxylic acids is 4. The van der Waals surface area contributed by atoms with Gasteiger partial charge in [0.05, 0.1) is 22.8 Å². The maximum atomic E-state index is 13.4. The number of Topliss-reactive ketones (excluding diaryl/α,β-unsaturated/α-hetero) is 1. The summed E-state index contributed by atoms with van der Waals surface area (Å²) in [7, 11) is -1.24. The zero-order chi connectivity index (χ0) is 27.8. The van der Waals surface area contributed by atoms with Crippen LogP contribution in [0.4, 0.5) is 0 Å². The molecular formula is C27H33BN2O7S. The Labute approximate surface area is 227 Å². The topological polar surface area (TPSA) is 132 Å². The van der Waals surface area contributed by atoms with Crippen LogP contribution in [0.2, 0.25) is 5.82 Å². The zero-order valence-electron chi connectivity index (χ0n) is 22.0. The lowest BCUT2D eigenvalue weighted by Crippen LogP contribution is -2.49. The average Bonchev–Trinajstić information content (AvgIpc) is 2.88. The van der Waals surface area contributed by atoms with Crippen molar-refractivity contribution in [3.8, 4) is 11.3 Å². The molecule has 0 unspecified atom stereocenters. The number of aliphatic hydroxyl groups excluding tert-OH is 1. The third-order valence-corrected chi connectivity index (χ3v) is 7.15. The zero-order valence-corrected chi connectivity index (χ0v) is 22.8. The van der Waals surface area contributed by atoms with Gasteiger partial charge < -0.3 is 19.7 Å². The second kappa shape index (κ2) is 13.6. The summed E-state index contributed by atoms with van der Waals surface area (Å²) in [5.74, 6) is -2.72. The molecule has 1 aromatic heterocycles. The highest BCUT2D eigenvalue weighted by atomic mass is 32.2. The van der Waals surface area contributed by atoms with Gasteiger partial charge in [0.15, 0.2) is 5.78 Å². The number of benzene rings is 1. The van der Waals surface area contributed by atoms with E-state index >= 15 is 0 Å². The van der Waals surface area contributed by atoms with Crippen LogP contribution in [0.25, 0.3) is 11.3 Å². The average molecular weight is 540 g/mol. The molecule has 0 spiro atoms. The van der Waals surface area contributed by atoms with Crippen LogP contribution in [0.1, 0.15) is 51.0 Å². The van der Waals surface area contributed by atoms with Crippen molar-refractivity contribution in [2.75, 3.05) is 5.75 Å². The van der Waals surface area contributed by atoms with Crippen LogP contribution in [0.15, 0.2) is 48.5 Å². The van der Waals surface area contributed by atoms with Crippen molar-refractivity contribution >= 4 is 42.5 Å². The molecule has 9 nitrogen and oxygen atoms in total. The molecule has 1 aliphatic heterocycles. The molecule has 1 aliphatic rings. The van der Waals surface area contributed by atoms with Crippen LogP contribution < -0.4 is 5.32 Å². The highest BCUT2D eigenvalue weighted by Crippen LogP contribution is 2.30. The summed E-state index contributed by atoms with van der Waals surface area (Å²) in [6.07, 6.45) is -0.972. The lowest BCUT2D eigenvalue weighted by atomic mass is 9.64. The van der Waals surface area contributed by atoms with E-state index in [1.807, 2.05) is 44.2 Å². The van der Waals surface area contributed by atoms with E-state index in [-0.39, 0.29) is 23.8 Å². The monoisotopic (exact) mass is 540 g/mol. The van der Waals surface area contributed by atoms with Crippen molar-refractivity contribution < 1.29 is 33.6 Å². The number of amides is 1. The summed E-state index contributed by atoms with van der Waals surface area (Å²) >= 11 is 1.12. The Kier molecular flexibility index (Phi) is 10.5. The van der Waals surface area contributed by atoms with Crippen LogP contribution in [0, 0.1) is 5.92 Å². The van der Waals surface area contributed by atoms with Crippen LogP contribution in [0.5, 0.6) is 0 Å². The molecule has 2 N–H and O–H groups in total. The smallest absolute Gasteiger partial charge is 0.498 e. The van der Waals surface area contributed by atoms with Crippen molar-refractivity contribution in [2.45, 2.75) is 63.7 Å². The van der Waals surface area contributed by atoms with Gasteiger partial charge in [-0.25, -0.2) is 4.98 Å². The number of pyridine rings is 1. The second-order valence-electron chi connectivity index (χ2n) is 9.77. The van der Waals surface area contributed by atoms with E-state index in [4.69, 9.17) is 9.31 Å². The first-order chi connectivity index (χ1) is 18.0. The summed E-state index contributed by atoms with van der Waals surface area (Å²) in [6, 6.07) is 13.1. The van der Waals surface area contributed by atoms with Gasteiger partial charge in [0.25, 0.3) is 5.91 Å². The van der Waals surface area contributed by atoms with Crippen molar-refractivity contribution in [3.05, 3.63) is 54.2 Å². The van der Waals surface area contributed by atoms with Gasteiger partial charge in [-0.05, 0) is 38.3 Å². The number of nitrogens with one attached hydrogen (secondary N) is 1. The number of rotatable bonds is 10. The van der Waals surface area contributed by atoms with E-state index in [1.54, 1.807) is 19.1 Å². The molecule has 2 heterocycles. The molecule has 4 atom stereocenters. The van der Waals surface area contributed by atoms with E-state index in [9.17, 15) is 24.3 Å². The number of hydrogen-bond acceptors (Lipinski definition) is 9. The van der Waals surface area contributed by atoms with Gasteiger partial charge in [-0.1, -0.05) is 50.2 Å². The Bertz CT molecular complexity index is 1150. The number of ketones is 1. The fourth-order valence-corrected chi connectivity index (χ4v) is 4.79. The molecule has 0 bridgehead atoms. The number of nitrogens with zero attached hydrogens (tertiary/aromatic N) is 1. The quantitative estimate of drug-likeness (QED) is 0.436. The van der Waals surface area contributed by atoms with E-state index in [2.05, 4.69) is 10.3 Å². The Morgan fingerprint density at radius 3 is 2.47 bits per heavy atom. The maximum Gasteiger partial charge on any atom is 0.602 e. The van der Waals surface area contributed by atoms with E-state index < -0.39 is 54.0 Å². The van der Waals surface area contributed by atoms with Crippen molar-refractivity contribution in [1.82, 2.24) is 10.3 Å². The lowest BCUT2D eigenvalue weighted by Gasteiger charge is -2.28. The van der Waals surface area contributed by atoms with Crippen molar-refractivity contribution in [3.63, 3.8) is 0 Å². The molecule has 202 valence electrons. The third-order valence-electron chi connectivity index (χ3n) is 6.05. The molecule has 3 rings (SSSR count). The predicted octanol–water partition coefficient (Wildman–Crippen LogP) is 3.31. The highest BCUT2D eigenvalue weighted by molar-refractivity contribution is 8.01. The van der Waals surface area contributed by atoms with Gasteiger partial charge >= 0.3 is 19.1 Å². The van der Waals surface area contributed by atoms with Gasteiger partial charge in [0.1, 0.15) is 11.7 Å². The third kappa shape index (κ3) is 8.16. The highest BCUT2D eigenvalue weighted by Gasteiger charge is 2.43. The molecule has 0 aliphatic carbocycles. The van der Waals surface area contributed by atoms with Gasteiger partial charge in [-0.3, -0.25) is 19.2 Å². The molecule has 1 fully saturated rings. The fraction of sp³-hybridized carbons (Fsp3) is 0.444. The Balaban J connectivity index is 1.77. The summed E-state index contributed by atoms with van der Waals surface area (Å²) in [5, 5.41) is 12.4. The largest absolute Gasteiger partial charge is 0.602 e. The normalized spacial score (nSPS) is 18.5. The maximum absolute atomic E-state index is 13.4. The minimum atomic E-state index is -1.24. The molecule has 0 radical (unpaired) electrons. The molecular weight excluding hydrogens is 507 g/mol. The molecule has 38 heavy (non-hydrogen) atoms. The Hall–Kier alpha value is -3.18. The first-order valence-electron chi connectivity index (χ1n) is 12.6. The molecule has 2 aromatic rings. The van der Waals surface area contributed by atoms with Crippen molar-refractivity contribution in [2.24, 2.45) is 5.92 Å². The molecule has 1 saturated heterocycles. The molecule has 0 saturated carbocycles. The first-order valence-corrected chi connectivity index (χ1v) is 13.7. The predicted molar refractivity (Wildman–Crippen MR) is 145 cm³/mol. The van der Waals surface area contributed by atoms with Crippen LogP contribution in [-0.4, -0.2) is 64.0 Å². The minimum absolute atomic E-state index is 0.00346. The van der Waals surface area contributed by atoms with Crippen LogP contribution in [-0.2, 0) is 23.7 Å². The number of hydrogen-bond donors (Lipinski definition) is 2. The first kappa shape index (κ1) is 29.4. The molecule has 1 amide bonds. The fourth-order valence-electron chi connectivity index (χ4n) is 4.15. The number of aliphatic hydroxyl groups is 1. The molecule has 11 heteroatoms. The summed E-state index contributed by atoms with van der Waals surface area (Å²) in [5.41, 5.74) is 1.52. The van der Waals surface area contributed by atoms with E-state index in [1.165, 1.54) is 13.0 Å². The summed E-state index contributed by atoms with van der Waals surface area (Å²) < 4.78 is 10.9. The molecule has 1 aromatic carbocycles. The van der Waals surface area contributed by atoms with Crippen LogP contribution >= 0.6 is 11.8 Å². The Morgan fingerprint density at radius 1 is 1.11 bits per heavy atom. The number of thioether (sulfide) groups is 1. The Morgan fingerprint density at radius 2 is 1.82 bits per heavy atom.